The molecule has 3 nitrogen and oxygen atoms in total. The molecule has 1 atom stereocenters. The molecule has 0 aliphatic rings. The number of nitriles is 1. The summed E-state index contributed by atoms with van der Waals surface area (Å²) in [5.74, 6) is 0.202. The summed E-state index contributed by atoms with van der Waals surface area (Å²) in [5.41, 5.74) is 7.44. The Morgan fingerprint density at radius 3 is 2.70 bits per heavy atom. The molecule has 0 aliphatic carbocycles. The first kappa shape index (κ1) is 14.0. The van der Waals surface area contributed by atoms with Crippen molar-refractivity contribution in [2.24, 2.45) is 5.73 Å². The van der Waals surface area contributed by atoms with E-state index in [0.29, 0.717) is 16.9 Å². The van der Waals surface area contributed by atoms with Crippen molar-refractivity contribution in [3.8, 4) is 11.8 Å². The monoisotopic (exact) mass is 270 g/mol. The van der Waals surface area contributed by atoms with Crippen LogP contribution in [0.3, 0.4) is 0 Å². The van der Waals surface area contributed by atoms with Gasteiger partial charge in [0.1, 0.15) is 18.2 Å². The van der Waals surface area contributed by atoms with Gasteiger partial charge in [0.2, 0.25) is 0 Å². The Hall–Kier alpha value is -2.38. The molecule has 0 amide bonds. The zero-order valence-electron chi connectivity index (χ0n) is 11.1. The van der Waals surface area contributed by atoms with Crippen molar-refractivity contribution in [3.63, 3.8) is 0 Å². The molecular weight excluding hydrogens is 255 g/mol. The van der Waals surface area contributed by atoms with Gasteiger partial charge in [-0.3, -0.25) is 0 Å². The zero-order chi connectivity index (χ0) is 14.5. The van der Waals surface area contributed by atoms with Gasteiger partial charge in [-0.15, -0.1) is 0 Å². The molecule has 2 aromatic carbocycles. The number of nitrogens with two attached hydrogens (primary N) is 1. The maximum absolute atomic E-state index is 13.7. The first-order valence-electron chi connectivity index (χ1n) is 6.27. The quantitative estimate of drug-likeness (QED) is 0.927. The highest BCUT2D eigenvalue weighted by molar-refractivity contribution is 5.36. The van der Waals surface area contributed by atoms with Crippen LogP contribution >= 0.6 is 0 Å². The largest absolute Gasteiger partial charge is 0.488 e. The van der Waals surface area contributed by atoms with Crippen molar-refractivity contribution in [3.05, 3.63) is 65.0 Å². The fourth-order valence-corrected chi connectivity index (χ4v) is 1.88. The molecule has 0 aromatic heterocycles. The molecule has 0 unspecified atom stereocenters. The summed E-state index contributed by atoms with van der Waals surface area (Å²) in [6.07, 6.45) is 0. The molecule has 2 aromatic rings. The van der Waals surface area contributed by atoms with Crippen molar-refractivity contribution >= 4 is 0 Å². The number of hydrogen-bond acceptors (Lipinski definition) is 3. The lowest BCUT2D eigenvalue weighted by Gasteiger charge is -2.14. The van der Waals surface area contributed by atoms with Gasteiger partial charge in [0.25, 0.3) is 0 Å². The molecule has 0 fully saturated rings. The topological polar surface area (TPSA) is 59.0 Å². The van der Waals surface area contributed by atoms with Crippen LogP contribution in [0.25, 0.3) is 0 Å². The molecule has 0 saturated carbocycles. The summed E-state index contributed by atoms with van der Waals surface area (Å²) in [6, 6.07) is 13.5. The van der Waals surface area contributed by atoms with E-state index >= 15 is 0 Å². The van der Waals surface area contributed by atoms with E-state index in [1.165, 1.54) is 6.07 Å². The molecule has 4 heteroatoms. The molecule has 2 N–H and O–H groups in total. The van der Waals surface area contributed by atoms with Crippen LogP contribution in [0, 0.1) is 17.1 Å². The minimum atomic E-state index is -0.442. The maximum Gasteiger partial charge on any atom is 0.131 e. The van der Waals surface area contributed by atoms with Crippen LogP contribution in [-0.2, 0) is 6.61 Å². The average Bonchev–Trinajstić information content (AvgIpc) is 2.46. The highest BCUT2D eigenvalue weighted by atomic mass is 19.1. The molecular formula is C16H15FN2O. The fraction of sp³-hybridized carbons (Fsp3) is 0.188. The van der Waals surface area contributed by atoms with Crippen LogP contribution in [-0.4, -0.2) is 0 Å². The van der Waals surface area contributed by atoms with E-state index in [9.17, 15) is 4.39 Å². The van der Waals surface area contributed by atoms with E-state index < -0.39 is 5.82 Å². The zero-order valence-corrected chi connectivity index (χ0v) is 11.1. The van der Waals surface area contributed by atoms with E-state index in [2.05, 4.69) is 0 Å². The predicted molar refractivity (Wildman–Crippen MR) is 74.5 cm³/mol. The number of nitrogens with zero attached hydrogens (tertiary/aromatic N) is 1. The third kappa shape index (κ3) is 3.14. The van der Waals surface area contributed by atoms with Crippen LogP contribution in [0.2, 0.25) is 0 Å². The maximum atomic E-state index is 13.7. The summed E-state index contributed by atoms with van der Waals surface area (Å²) in [4.78, 5) is 0. The minimum absolute atomic E-state index is 0.0985. The lowest BCUT2D eigenvalue weighted by Crippen LogP contribution is -2.08. The SMILES string of the molecule is C[C@@H](N)c1ccccc1OCc1ccc(C#N)cc1F. The summed E-state index contributed by atoms with van der Waals surface area (Å²) >= 11 is 0. The standard InChI is InChI=1S/C16H15FN2O/c1-11(19)14-4-2-3-5-16(14)20-10-13-7-6-12(9-18)8-15(13)17/h2-8,11H,10,19H2,1H3/t11-/m1/s1. The van der Waals surface area contributed by atoms with Crippen molar-refractivity contribution in [1.82, 2.24) is 0 Å². The second-order valence-corrected chi connectivity index (χ2v) is 4.53. The van der Waals surface area contributed by atoms with E-state index in [1.807, 2.05) is 31.2 Å². The molecule has 0 spiro atoms. The Labute approximate surface area is 117 Å². The Morgan fingerprint density at radius 2 is 2.05 bits per heavy atom. The Kier molecular flexibility index (Phi) is 4.34. The smallest absolute Gasteiger partial charge is 0.131 e. The molecule has 0 heterocycles. The first-order valence-corrected chi connectivity index (χ1v) is 6.27. The summed E-state index contributed by atoms with van der Waals surface area (Å²) < 4.78 is 19.4. The third-order valence-corrected chi connectivity index (χ3v) is 2.97. The first-order chi connectivity index (χ1) is 9.61. The van der Waals surface area contributed by atoms with E-state index in [1.54, 1.807) is 18.2 Å². The van der Waals surface area contributed by atoms with Gasteiger partial charge in [-0.2, -0.15) is 5.26 Å². The van der Waals surface area contributed by atoms with Gasteiger partial charge >= 0.3 is 0 Å². The van der Waals surface area contributed by atoms with Gasteiger partial charge < -0.3 is 10.5 Å². The Balaban J connectivity index is 2.15. The van der Waals surface area contributed by atoms with Gasteiger partial charge in [-0.05, 0) is 25.1 Å². The number of ether oxygens (including phenoxy) is 1. The summed E-state index contributed by atoms with van der Waals surface area (Å²) in [5, 5.41) is 8.70. The number of rotatable bonds is 4. The Morgan fingerprint density at radius 1 is 1.30 bits per heavy atom. The van der Waals surface area contributed by atoms with Gasteiger partial charge in [0.05, 0.1) is 11.6 Å². The highest BCUT2D eigenvalue weighted by Crippen LogP contribution is 2.24. The van der Waals surface area contributed by atoms with Gasteiger partial charge in [-0.25, -0.2) is 4.39 Å². The third-order valence-electron chi connectivity index (χ3n) is 2.97. The molecule has 0 aliphatic heterocycles. The summed E-state index contributed by atoms with van der Waals surface area (Å²) in [6.45, 7) is 1.96. The van der Waals surface area contributed by atoms with Crippen LogP contribution in [0.1, 0.15) is 29.7 Å². The van der Waals surface area contributed by atoms with E-state index in [4.69, 9.17) is 15.7 Å². The lowest BCUT2D eigenvalue weighted by atomic mass is 10.1. The molecule has 0 radical (unpaired) electrons. The second kappa shape index (κ2) is 6.18. The molecule has 0 saturated heterocycles. The van der Waals surface area contributed by atoms with E-state index in [-0.39, 0.29) is 12.6 Å². The molecule has 0 bridgehead atoms. The lowest BCUT2D eigenvalue weighted by molar-refractivity contribution is 0.295. The number of hydrogen-bond donors (Lipinski definition) is 1. The number of benzene rings is 2. The van der Waals surface area contributed by atoms with E-state index in [0.717, 1.165) is 5.56 Å². The van der Waals surface area contributed by atoms with Crippen LogP contribution in [0.15, 0.2) is 42.5 Å². The van der Waals surface area contributed by atoms with Gasteiger partial charge in [-0.1, -0.05) is 24.3 Å². The fourth-order valence-electron chi connectivity index (χ4n) is 1.88. The predicted octanol–water partition coefficient (Wildman–Crippen LogP) is 3.30. The van der Waals surface area contributed by atoms with Crippen LogP contribution in [0.5, 0.6) is 5.75 Å². The second-order valence-electron chi connectivity index (χ2n) is 4.53. The van der Waals surface area contributed by atoms with Gasteiger partial charge in [0, 0.05) is 17.2 Å². The van der Waals surface area contributed by atoms with Gasteiger partial charge in [0.15, 0.2) is 0 Å². The molecule has 102 valence electrons. The highest BCUT2D eigenvalue weighted by Gasteiger charge is 2.09. The van der Waals surface area contributed by atoms with Crippen molar-refractivity contribution in [2.75, 3.05) is 0 Å². The van der Waals surface area contributed by atoms with Crippen molar-refractivity contribution in [2.45, 2.75) is 19.6 Å². The Bertz CT molecular complexity index is 647. The summed E-state index contributed by atoms with van der Waals surface area (Å²) in [7, 11) is 0. The normalized spacial score (nSPS) is 11.7. The van der Waals surface area contributed by atoms with Crippen molar-refractivity contribution < 1.29 is 9.13 Å². The average molecular weight is 270 g/mol. The number of para-hydroxylation sites is 1. The van der Waals surface area contributed by atoms with Crippen molar-refractivity contribution in [1.29, 1.82) is 5.26 Å². The van der Waals surface area contributed by atoms with Crippen LogP contribution in [0.4, 0.5) is 4.39 Å². The minimum Gasteiger partial charge on any atom is -0.488 e. The number of halogens is 1. The van der Waals surface area contributed by atoms with Crippen LogP contribution < -0.4 is 10.5 Å². The molecule has 2 rings (SSSR count). The molecule has 20 heavy (non-hydrogen) atoms.